The van der Waals surface area contributed by atoms with Crippen LogP contribution >= 0.6 is 0 Å². The molecule has 0 spiro atoms. The van der Waals surface area contributed by atoms with Crippen molar-refractivity contribution >= 4 is 12.0 Å². The van der Waals surface area contributed by atoms with Crippen molar-refractivity contribution in [2.45, 2.75) is 63.4 Å². The fraction of sp³-hybridized carbons (Fsp3) is 0.571. The third-order valence-electron chi connectivity index (χ3n) is 9.27. The van der Waals surface area contributed by atoms with Gasteiger partial charge in [0.05, 0.1) is 22.5 Å². The average Bonchev–Trinajstić information content (AvgIpc) is 3.14. The first kappa shape index (κ1) is 19.1. The van der Waals surface area contributed by atoms with Crippen LogP contribution in [0.1, 0.15) is 73.0 Å². The van der Waals surface area contributed by atoms with Gasteiger partial charge in [0.1, 0.15) is 0 Å². The quantitative estimate of drug-likeness (QED) is 0.368. The number of carbonyl (C=O) groups is 1. The highest BCUT2D eigenvalue weighted by Gasteiger charge is 2.63. The van der Waals surface area contributed by atoms with Crippen molar-refractivity contribution in [3.05, 3.63) is 58.2 Å². The summed E-state index contributed by atoms with van der Waals surface area (Å²) in [5.41, 5.74) is 5.09. The number of nitrogens with zero attached hydrogens (tertiary/aromatic N) is 1. The molecule has 0 aliphatic heterocycles. The zero-order valence-corrected chi connectivity index (χ0v) is 19.5. The first-order valence-electron chi connectivity index (χ1n) is 13.5. The van der Waals surface area contributed by atoms with Crippen LogP contribution in [0.25, 0.3) is 0 Å². The van der Waals surface area contributed by atoms with Gasteiger partial charge in [-0.1, -0.05) is 41.9 Å². The van der Waals surface area contributed by atoms with E-state index in [4.69, 9.17) is 18.8 Å². The van der Waals surface area contributed by atoms with E-state index in [1.165, 1.54) is 28.5 Å². The van der Waals surface area contributed by atoms with Crippen LogP contribution < -0.4 is 0 Å². The molecule has 2 saturated carbocycles. The lowest BCUT2D eigenvalue weighted by atomic mass is 9.51. The van der Waals surface area contributed by atoms with Crippen molar-refractivity contribution in [3.8, 4) is 0 Å². The van der Waals surface area contributed by atoms with E-state index in [0.717, 1.165) is 44.1 Å². The summed E-state index contributed by atoms with van der Waals surface area (Å²) in [6.45, 7) is 2.32. The van der Waals surface area contributed by atoms with E-state index >= 15 is 0 Å². The summed E-state index contributed by atoms with van der Waals surface area (Å²) in [5.74, 6) is 1.07. The Bertz CT molecular complexity index is 1120. The van der Waals surface area contributed by atoms with Crippen LogP contribution in [0.2, 0.25) is 0 Å². The Morgan fingerprint density at radius 2 is 2.06 bits per heavy atom. The summed E-state index contributed by atoms with van der Waals surface area (Å²) in [7, 11) is -0.776. The monoisotopic (exact) mass is 452 g/mol. The molecule has 0 aromatic heterocycles. The van der Waals surface area contributed by atoms with E-state index in [1.807, 2.05) is 18.2 Å². The third-order valence-corrected chi connectivity index (χ3v) is 9.27. The van der Waals surface area contributed by atoms with E-state index in [9.17, 15) is 4.79 Å². The largest absolute Gasteiger partial charge is 0.411 e. The molecule has 0 unspecified atom stereocenters. The Morgan fingerprint density at radius 1 is 1.24 bits per heavy atom. The minimum atomic E-state index is -2.47. The van der Waals surface area contributed by atoms with Crippen LogP contribution in [-0.2, 0) is 14.3 Å². The highest BCUT2D eigenvalue weighted by molar-refractivity contribution is 5.93. The molecule has 0 radical (unpaired) electrons. The van der Waals surface area contributed by atoms with Gasteiger partial charge in [-0.2, -0.15) is 0 Å². The summed E-state index contributed by atoms with van der Waals surface area (Å²) < 4.78 is 34.5. The lowest BCUT2D eigenvalue weighted by molar-refractivity contribution is -0.149. The molecule has 0 saturated heterocycles. The van der Waals surface area contributed by atoms with Gasteiger partial charge >= 0.3 is 0 Å². The molecule has 0 amide bonds. The van der Waals surface area contributed by atoms with Crippen molar-refractivity contribution < 1.29 is 23.6 Å². The summed E-state index contributed by atoms with van der Waals surface area (Å²) in [5, 5.41) is 12.1. The zero-order valence-electron chi connectivity index (χ0n) is 22.5. The van der Waals surface area contributed by atoms with Crippen LogP contribution in [0.15, 0.2) is 52.2 Å². The number of ether oxygens (including phenoxy) is 2. The number of rotatable bonds is 5. The zero-order chi connectivity index (χ0) is 25.7. The Kier molecular flexibility index (Phi) is 4.93. The maximum absolute atomic E-state index is 12.2. The third kappa shape index (κ3) is 3.43. The van der Waals surface area contributed by atoms with Crippen molar-refractivity contribution in [1.82, 2.24) is 0 Å². The maximum atomic E-state index is 12.2. The summed E-state index contributed by atoms with van der Waals surface area (Å²) in [6, 6.07) is 8.13. The molecule has 0 bridgehead atoms. The second-order valence-electron chi connectivity index (χ2n) is 10.4. The second-order valence-corrected chi connectivity index (χ2v) is 10.4. The average molecular weight is 453 g/mol. The van der Waals surface area contributed by atoms with Gasteiger partial charge in [-0.05, 0) is 78.7 Å². The van der Waals surface area contributed by atoms with Crippen LogP contribution in [0.3, 0.4) is 0 Å². The van der Waals surface area contributed by atoms with Crippen LogP contribution in [0, 0.1) is 17.3 Å². The molecule has 2 fully saturated rings. The van der Waals surface area contributed by atoms with E-state index in [-0.39, 0.29) is 23.7 Å². The van der Waals surface area contributed by atoms with Gasteiger partial charge in [0.25, 0.3) is 0 Å². The van der Waals surface area contributed by atoms with Crippen LogP contribution in [0.4, 0.5) is 0 Å². The maximum Gasteiger partial charge on any atom is 0.156 e. The number of ketones is 1. The summed E-state index contributed by atoms with van der Waals surface area (Å²) >= 11 is 0. The van der Waals surface area contributed by atoms with Gasteiger partial charge < -0.3 is 14.7 Å². The number of hydrogen-bond acceptors (Lipinski definition) is 5. The molecule has 5 heteroatoms. The summed E-state index contributed by atoms with van der Waals surface area (Å²) in [6.07, 6.45) is 9.08. The van der Waals surface area contributed by atoms with Gasteiger partial charge in [0.2, 0.25) is 0 Å². The molecular formula is C28H35NO4. The normalized spacial score (nSPS) is 37.6. The lowest BCUT2D eigenvalue weighted by Crippen LogP contribution is -2.54. The van der Waals surface area contributed by atoms with E-state index in [1.54, 1.807) is 7.11 Å². The van der Waals surface area contributed by atoms with Crippen molar-refractivity contribution in [2.75, 3.05) is 20.8 Å². The van der Waals surface area contributed by atoms with Gasteiger partial charge in [0.15, 0.2) is 5.78 Å². The van der Waals surface area contributed by atoms with Crippen LogP contribution in [-0.4, -0.2) is 43.6 Å². The molecule has 5 nitrogen and oxygen atoms in total. The molecule has 4 aliphatic rings. The van der Waals surface area contributed by atoms with Crippen LogP contribution in [0.5, 0.6) is 0 Å². The lowest BCUT2D eigenvalue weighted by Gasteiger charge is -2.55. The number of hydrogen-bond donors (Lipinski definition) is 1. The van der Waals surface area contributed by atoms with Gasteiger partial charge in [-0.15, -0.1) is 0 Å². The molecule has 5 atom stereocenters. The smallest absolute Gasteiger partial charge is 0.156 e. The number of methoxy groups -OCH3 is 2. The fourth-order valence-electron chi connectivity index (χ4n) is 7.67. The number of allylic oxidation sites excluding steroid dienone is 4. The number of oxime groups is 1. The minimum Gasteiger partial charge on any atom is -0.411 e. The minimum absolute atomic E-state index is 0.0455. The molecular weight excluding hydrogens is 414 g/mol. The topological polar surface area (TPSA) is 68.1 Å². The Labute approximate surface area is 200 Å². The SMILES string of the molecule is [2H]C([2H])([2H])OC[C@]1(OC)CC[C@H]2[C@@H]3CCC4=CC(=O)CCC4=C3[C@@H](c3ccc(/C=N/O)cc3)C[C@@]21C. The highest BCUT2D eigenvalue weighted by Crippen LogP contribution is 2.67. The molecule has 5 rings (SSSR count). The summed E-state index contributed by atoms with van der Waals surface area (Å²) in [4.78, 5) is 12.2. The van der Waals surface area contributed by atoms with E-state index < -0.39 is 12.6 Å². The Hall–Kier alpha value is -2.24. The molecule has 176 valence electrons. The number of benzene rings is 1. The molecule has 1 aromatic rings. The van der Waals surface area contributed by atoms with Crippen molar-refractivity contribution in [3.63, 3.8) is 0 Å². The van der Waals surface area contributed by atoms with Crippen molar-refractivity contribution in [1.29, 1.82) is 0 Å². The molecule has 1 aromatic carbocycles. The van der Waals surface area contributed by atoms with Crippen molar-refractivity contribution in [2.24, 2.45) is 22.4 Å². The van der Waals surface area contributed by atoms with Gasteiger partial charge in [0, 0.05) is 31.9 Å². The standard InChI is InChI=1S/C28H35NO4/c1-27-15-24(19-6-4-18(5-7-19)16-29-31)26-22-11-9-21(30)14-20(22)8-10-23(26)25(27)12-13-28(27,33-3)17-32-2/h4-7,14,16,23-25,31H,8-13,15,17H2,1-3H3/b29-16+/t23-,24+,25-,27-,28+/m0/s1/i2D3. The van der Waals surface area contributed by atoms with E-state index in [2.05, 4.69) is 24.2 Å². The van der Waals surface area contributed by atoms with E-state index in [0.29, 0.717) is 18.3 Å². The highest BCUT2D eigenvalue weighted by atomic mass is 16.5. The number of carbonyl (C=O) groups excluding carboxylic acids is 1. The fourth-order valence-corrected chi connectivity index (χ4v) is 7.67. The molecule has 33 heavy (non-hydrogen) atoms. The van der Waals surface area contributed by atoms with Gasteiger partial charge in [-0.3, -0.25) is 4.79 Å². The molecule has 1 N–H and O–H groups in total. The Morgan fingerprint density at radius 3 is 2.79 bits per heavy atom. The Balaban J connectivity index is 1.62. The first-order chi connectivity index (χ1) is 17.1. The molecule has 4 aliphatic carbocycles. The van der Waals surface area contributed by atoms with Gasteiger partial charge in [-0.25, -0.2) is 0 Å². The predicted molar refractivity (Wildman–Crippen MR) is 128 cm³/mol. The molecule has 0 heterocycles. The number of fused-ring (bicyclic) bond motifs is 4. The first-order valence-corrected chi connectivity index (χ1v) is 12.0. The second kappa shape index (κ2) is 8.52. The predicted octanol–water partition coefficient (Wildman–Crippen LogP) is 5.43.